The summed E-state index contributed by atoms with van der Waals surface area (Å²) in [6, 6.07) is 0.957. The summed E-state index contributed by atoms with van der Waals surface area (Å²) >= 11 is 0. The predicted octanol–water partition coefficient (Wildman–Crippen LogP) is 1.59. The van der Waals surface area contributed by atoms with Crippen LogP contribution in [0.3, 0.4) is 0 Å². The third-order valence-electron chi connectivity index (χ3n) is 2.33. The van der Waals surface area contributed by atoms with Crippen LogP contribution in [-0.4, -0.2) is 24.4 Å². The number of amides is 2. The fraction of sp³-hybridized carbons (Fsp3) is 0.417. The number of nitrogens with one attached hydrogen (secondary N) is 2. The van der Waals surface area contributed by atoms with Gasteiger partial charge in [0.15, 0.2) is 0 Å². The number of hydrogen-bond donors (Lipinski definition) is 2. The number of nitrogens with zero attached hydrogens (tertiary/aromatic N) is 2. The first-order valence-corrected chi connectivity index (χ1v) is 7.78. The van der Waals surface area contributed by atoms with Gasteiger partial charge in [-0.15, -0.1) is 0 Å². The van der Waals surface area contributed by atoms with Crippen LogP contribution in [0.4, 0.5) is 10.7 Å². The Morgan fingerprint density at radius 3 is 2.25 bits per heavy atom. The summed E-state index contributed by atoms with van der Waals surface area (Å²) in [5.41, 5.74) is 1.56. The Morgan fingerprint density at radius 2 is 1.80 bits per heavy atom. The van der Waals surface area contributed by atoms with E-state index in [-0.39, 0.29) is 5.95 Å². The van der Waals surface area contributed by atoms with Crippen molar-refractivity contribution >= 4 is 22.0 Å². The van der Waals surface area contributed by atoms with Gasteiger partial charge in [0, 0.05) is 16.8 Å². The highest BCUT2D eigenvalue weighted by atomic mass is 32.2. The third kappa shape index (κ3) is 4.96. The number of hydrogen-bond acceptors (Lipinski definition) is 5. The second-order valence-electron chi connectivity index (χ2n) is 3.95. The topological polar surface area (TPSA) is 101 Å². The molecule has 0 spiro atoms. The second kappa shape index (κ2) is 6.99. The molecule has 1 aromatic rings. The Labute approximate surface area is 118 Å². The molecule has 1 heterocycles. The minimum Gasteiger partial charge on any atom is -0.275 e. The van der Waals surface area contributed by atoms with Crippen molar-refractivity contribution in [1.82, 2.24) is 14.7 Å². The van der Waals surface area contributed by atoms with Gasteiger partial charge in [-0.3, -0.25) is 5.32 Å². The van der Waals surface area contributed by atoms with Crippen LogP contribution in [0.25, 0.3) is 0 Å². The van der Waals surface area contributed by atoms with Crippen molar-refractivity contribution in [3.05, 3.63) is 28.9 Å². The molecule has 0 aliphatic carbocycles. The molecule has 7 nitrogen and oxygen atoms in total. The highest BCUT2D eigenvalue weighted by Gasteiger charge is 2.12. The van der Waals surface area contributed by atoms with E-state index in [0.29, 0.717) is 12.8 Å². The average molecular weight is 298 g/mol. The molecule has 0 bridgehead atoms. The molecule has 1 rings (SSSR count). The first-order valence-electron chi connectivity index (χ1n) is 6.23. The van der Waals surface area contributed by atoms with Crippen LogP contribution >= 0.6 is 0 Å². The molecule has 0 fully saturated rings. The summed E-state index contributed by atoms with van der Waals surface area (Å²) in [6.45, 7) is 5.41. The minimum atomic E-state index is -3.78. The van der Waals surface area contributed by atoms with Crippen molar-refractivity contribution in [1.29, 1.82) is 0 Å². The van der Waals surface area contributed by atoms with Gasteiger partial charge < -0.3 is 0 Å². The molecular formula is C12H18N4O3S. The van der Waals surface area contributed by atoms with E-state index in [0.717, 1.165) is 16.8 Å². The number of rotatable bonds is 5. The van der Waals surface area contributed by atoms with Crippen LogP contribution in [-0.2, 0) is 22.9 Å². The Bertz CT molecular complexity index is 589. The van der Waals surface area contributed by atoms with E-state index < -0.39 is 16.1 Å². The summed E-state index contributed by atoms with van der Waals surface area (Å²) in [4.78, 5) is 19.8. The molecule has 0 unspecified atom stereocenters. The largest absolute Gasteiger partial charge is 0.335 e. The Balaban J connectivity index is 2.85. The van der Waals surface area contributed by atoms with Gasteiger partial charge in [0.05, 0.1) is 0 Å². The molecular weight excluding hydrogens is 280 g/mol. The lowest BCUT2D eigenvalue weighted by molar-refractivity contribution is 0.256. The van der Waals surface area contributed by atoms with Crippen molar-refractivity contribution in [3.8, 4) is 0 Å². The molecule has 2 N–H and O–H groups in total. The van der Waals surface area contributed by atoms with Gasteiger partial charge in [0.2, 0.25) is 5.95 Å². The molecule has 0 aliphatic rings. The number of anilines is 1. The fourth-order valence-electron chi connectivity index (χ4n) is 1.44. The molecule has 0 atom stereocenters. The maximum atomic E-state index is 11.6. The fourth-order valence-corrected chi connectivity index (χ4v) is 2.18. The first-order chi connectivity index (χ1) is 9.40. The van der Waals surface area contributed by atoms with E-state index in [9.17, 15) is 13.2 Å². The molecule has 2 amide bonds. The van der Waals surface area contributed by atoms with Crippen molar-refractivity contribution < 1.29 is 13.2 Å². The SMILES string of the molecule is C/C=C\S(=O)(=O)NC(=O)Nc1nc(CC)cc(CC)n1. The summed E-state index contributed by atoms with van der Waals surface area (Å²) in [5.74, 6) is 0.0920. The lowest BCUT2D eigenvalue weighted by Gasteiger charge is -2.07. The maximum Gasteiger partial charge on any atom is 0.335 e. The smallest absolute Gasteiger partial charge is 0.275 e. The highest BCUT2D eigenvalue weighted by Crippen LogP contribution is 2.07. The molecule has 0 saturated heterocycles. The second-order valence-corrected chi connectivity index (χ2v) is 5.52. The van der Waals surface area contributed by atoms with Crippen molar-refractivity contribution in [2.45, 2.75) is 33.6 Å². The van der Waals surface area contributed by atoms with E-state index in [4.69, 9.17) is 0 Å². The van der Waals surface area contributed by atoms with E-state index in [1.54, 1.807) is 6.92 Å². The van der Waals surface area contributed by atoms with E-state index in [1.807, 2.05) is 24.6 Å². The number of carbonyl (C=O) groups is 1. The third-order valence-corrected chi connectivity index (χ3v) is 3.43. The minimum absolute atomic E-state index is 0.0920. The van der Waals surface area contributed by atoms with Gasteiger partial charge >= 0.3 is 6.03 Å². The van der Waals surface area contributed by atoms with Crippen LogP contribution in [0.1, 0.15) is 32.2 Å². The molecule has 20 heavy (non-hydrogen) atoms. The van der Waals surface area contributed by atoms with E-state index in [2.05, 4.69) is 15.3 Å². The van der Waals surface area contributed by atoms with Gasteiger partial charge in [-0.1, -0.05) is 19.9 Å². The zero-order valence-corrected chi connectivity index (χ0v) is 12.5. The van der Waals surface area contributed by atoms with Gasteiger partial charge in [0.25, 0.3) is 10.0 Å². The molecule has 1 aromatic heterocycles. The zero-order chi connectivity index (χ0) is 15.2. The lowest BCUT2D eigenvalue weighted by Crippen LogP contribution is -2.33. The number of carbonyl (C=O) groups excluding carboxylic acids is 1. The number of aryl methyl sites for hydroxylation is 2. The summed E-state index contributed by atoms with van der Waals surface area (Å²) in [5, 5.41) is 3.22. The van der Waals surface area contributed by atoms with Gasteiger partial charge in [0.1, 0.15) is 0 Å². The van der Waals surface area contributed by atoms with Crippen LogP contribution in [0, 0.1) is 0 Å². The van der Waals surface area contributed by atoms with Crippen LogP contribution in [0.2, 0.25) is 0 Å². The van der Waals surface area contributed by atoms with Gasteiger partial charge in [-0.05, 0) is 25.8 Å². The summed E-state index contributed by atoms with van der Waals surface area (Å²) < 4.78 is 24.6. The number of allylic oxidation sites excluding steroid dienone is 1. The lowest BCUT2D eigenvalue weighted by atomic mass is 10.2. The highest BCUT2D eigenvalue weighted by molar-refractivity contribution is 7.92. The first kappa shape index (κ1) is 16.1. The quantitative estimate of drug-likeness (QED) is 0.859. The summed E-state index contributed by atoms with van der Waals surface area (Å²) in [6.07, 6.45) is 2.71. The zero-order valence-electron chi connectivity index (χ0n) is 11.7. The normalized spacial score (nSPS) is 11.6. The molecule has 0 radical (unpaired) electrons. The Kier molecular flexibility index (Phi) is 5.63. The molecule has 8 heteroatoms. The standard InChI is InChI=1S/C12H18N4O3S/c1-4-7-20(18,19)16-12(17)15-11-13-9(5-2)8-10(6-3)14-11/h4,7-8H,5-6H2,1-3H3,(H2,13,14,15,16,17)/b7-4-. The van der Waals surface area contributed by atoms with Crippen LogP contribution < -0.4 is 10.0 Å². The Hall–Kier alpha value is -1.96. The van der Waals surface area contributed by atoms with Crippen LogP contribution in [0.5, 0.6) is 0 Å². The number of urea groups is 1. The molecule has 0 saturated carbocycles. The van der Waals surface area contributed by atoms with Gasteiger partial charge in [-0.25, -0.2) is 27.9 Å². The number of sulfonamides is 1. The maximum absolute atomic E-state index is 11.6. The predicted molar refractivity (Wildman–Crippen MR) is 76.7 cm³/mol. The molecule has 0 aliphatic heterocycles. The molecule has 0 aromatic carbocycles. The average Bonchev–Trinajstić information content (AvgIpc) is 2.37. The van der Waals surface area contributed by atoms with Crippen molar-refractivity contribution in [2.24, 2.45) is 0 Å². The van der Waals surface area contributed by atoms with Crippen molar-refractivity contribution in [3.63, 3.8) is 0 Å². The van der Waals surface area contributed by atoms with Crippen molar-refractivity contribution in [2.75, 3.05) is 5.32 Å². The monoisotopic (exact) mass is 298 g/mol. The summed E-state index contributed by atoms with van der Waals surface area (Å²) in [7, 11) is -3.78. The van der Waals surface area contributed by atoms with E-state index >= 15 is 0 Å². The van der Waals surface area contributed by atoms with Gasteiger partial charge in [-0.2, -0.15) is 0 Å². The van der Waals surface area contributed by atoms with Crippen LogP contribution in [0.15, 0.2) is 17.6 Å². The number of aromatic nitrogens is 2. The molecule has 110 valence electrons. The van der Waals surface area contributed by atoms with E-state index in [1.165, 1.54) is 6.08 Å². The Morgan fingerprint density at radius 1 is 1.25 bits per heavy atom.